The van der Waals surface area contributed by atoms with Gasteiger partial charge in [-0.3, -0.25) is 15.0 Å². The molecule has 1 fully saturated rings. The summed E-state index contributed by atoms with van der Waals surface area (Å²) in [6.07, 6.45) is 5.07. The number of nitrogens with one attached hydrogen (secondary N) is 1. The fraction of sp³-hybridized carbons (Fsp3) is 0.600. The Morgan fingerprint density at radius 3 is 2.55 bits per heavy atom. The predicted molar refractivity (Wildman–Crippen MR) is 81.0 cm³/mol. The van der Waals surface area contributed by atoms with Crippen molar-refractivity contribution in [3.05, 3.63) is 33.9 Å². The molecule has 1 aliphatic heterocycles. The van der Waals surface area contributed by atoms with Crippen LogP contribution in [-0.4, -0.2) is 29.5 Å². The molecule has 2 rings (SSSR count). The van der Waals surface area contributed by atoms with E-state index in [1.807, 2.05) is 19.1 Å². The minimum atomic E-state index is -0.302. The van der Waals surface area contributed by atoms with Crippen molar-refractivity contribution in [2.24, 2.45) is 0 Å². The third kappa shape index (κ3) is 3.93. The summed E-state index contributed by atoms with van der Waals surface area (Å²) in [6, 6.07) is 5.54. The van der Waals surface area contributed by atoms with E-state index in [1.54, 1.807) is 6.07 Å². The lowest BCUT2D eigenvalue weighted by molar-refractivity contribution is -0.384. The van der Waals surface area contributed by atoms with Gasteiger partial charge in [-0.2, -0.15) is 0 Å². The summed E-state index contributed by atoms with van der Waals surface area (Å²) in [5, 5.41) is 14.2. The highest BCUT2D eigenvalue weighted by Crippen LogP contribution is 2.26. The van der Waals surface area contributed by atoms with Gasteiger partial charge >= 0.3 is 0 Å². The smallest absolute Gasteiger partial charge is 0.292 e. The van der Waals surface area contributed by atoms with Crippen LogP contribution in [0.25, 0.3) is 0 Å². The highest BCUT2D eigenvalue weighted by molar-refractivity contribution is 5.62. The summed E-state index contributed by atoms with van der Waals surface area (Å²) in [6.45, 7) is 5.64. The van der Waals surface area contributed by atoms with Gasteiger partial charge < -0.3 is 5.32 Å². The molecule has 0 unspecified atom stereocenters. The molecule has 0 bridgehead atoms. The van der Waals surface area contributed by atoms with Crippen LogP contribution in [0.4, 0.5) is 11.4 Å². The number of likely N-dealkylation sites (tertiary alicyclic amines) is 1. The second kappa shape index (κ2) is 7.24. The van der Waals surface area contributed by atoms with Gasteiger partial charge in [0.15, 0.2) is 0 Å². The van der Waals surface area contributed by atoms with E-state index >= 15 is 0 Å². The lowest BCUT2D eigenvalue weighted by atomic mass is 10.1. The van der Waals surface area contributed by atoms with E-state index in [0.717, 1.165) is 25.2 Å². The predicted octanol–water partition coefficient (Wildman–Crippen LogP) is 3.40. The zero-order chi connectivity index (χ0) is 14.4. The van der Waals surface area contributed by atoms with Crippen molar-refractivity contribution in [2.45, 2.75) is 39.2 Å². The van der Waals surface area contributed by atoms with Crippen molar-refractivity contribution >= 4 is 11.4 Å². The van der Waals surface area contributed by atoms with Crippen LogP contribution in [0, 0.1) is 10.1 Å². The molecule has 0 amide bonds. The zero-order valence-corrected chi connectivity index (χ0v) is 12.1. The Morgan fingerprint density at radius 2 is 1.95 bits per heavy atom. The third-order valence-corrected chi connectivity index (χ3v) is 3.73. The largest absolute Gasteiger partial charge is 0.380 e. The number of nitro benzene ring substituents is 1. The molecule has 1 heterocycles. The number of hydrogen-bond acceptors (Lipinski definition) is 4. The molecule has 0 aromatic heterocycles. The van der Waals surface area contributed by atoms with Gasteiger partial charge in [0.2, 0.25) is 0 Å². The molecule has 0 aliphatic carbocycles. The van der Waals surface area contributed by atoms with Crippen LogP contribution >= 0.6 is 0 Å². The van der Waals surface area contributed by atoms with Crippen molar-refractivity contribution in [1.82, 2.24) is 4.90 Å². The number of nitro groups is 1. The first-order valence-electron chi connectivity index (χ1n) is 7.44. The topological polar surface area (TPSA) is 58.4 Å². The van der Waals surface area contributed by atoms with Crippen molar-refractivity contribution in [3.63, 3.8) is 0 Å². The Hall–Kier alpha value is -1.62. The van der Waals surface area contributed by atoms with Crippen LogP contribution in [0.2, 0.25) is 0 Å². The number of benzene rings is 1. The van der Waals surface area contributed by atoms with E-state index in [-0.39, 0.29) is 10.6 Å². The molecule has 0 spiro atoms. The SMILES string of the molecule is CCNc1ccc(CN2CCCCCC2)cc1[N+](=O)[O-]. The summed E-state index contributed by atoms with van der Waals surface area (Å²) in [5.41, 5.74) is 1.82. The van der Waals surface area contributed by atoms with Crippen LogP contribution in [0.15, 0.2) is 18.2 Å². The van der Waals surface area contributed by atoms with Gasteiger partial charge in [0.1, 0.15) is 5.69 Å². The van der Waals surface area contributed by atoms with Gasteiger partial charge in [0, 0.05) is 19.2 Å². The first kappa shape index (κ1) is 14.8. The molecule has 5 heteroatoms. The third-order valence-electron chi connectivity index (χ3n) is 3.73. The summed E-state index contributed by atoms with van der Waals surface area (Å²) in [5.74, 6) is 0. The molecule has 0 saturated carbocycles. The Morgan fingerprint density at radius 1 is 1.25 bits per heavy atom. The molecule has 1 N–H and O–H groups in total. The fourth-order valence-corrected chi connectivity index (χ4v) is 2.72. The Kier molecular flexibility index (Phi) is 5.35. The second-order valence-corrected chi connectivity index (χ2v) is 5.33. The molecule has 0 atom stereocenters. The maximum absolute atomic E-state index is 11.1. The van der Waals surface area contributed by atoms with E-state index in [4.69, 9.17) is 0 Å². The van der Waals surface area contributed by atoms with E-state index in [0.29, 0.717) is 12.2 Å². The molecule has 1 aromatic rings. The molecule has 20 heavy (non-hydrogen) atoms. The number of rotatable bonds is 5. The monoisotopic (exact) mass is 277 g/mol. The van der Waals surface area contributed by atoms with E-state index in [1.165, 1.54) is 25.7 Å². The minimum Gasteiger partial charge on any atom is -0.380 e. The Labute approximate surface area is 120 Å². The molecular formula is C15H23N3O2. The Balaban J connectivity index is 2.11. The highest BCUT2D eigenvalue weighted by atomic mass is 16.6. The van der Waals surface area contributed by atoms with Gasteiger partial charge in [-0.05, 0) is 44.5 Å². The average Bonchev–Trinajstić information content (AvgIpc) is 2.69. The summed E-state index contributed by atoms with van der Waals surface area (Å²) < 4.78 is 0. The van der Waals surface area contributed by atoms with Crippen LogP contribution in [0.3, 0.4) is 0 Å². The Bertz CT molecular complexity index is 454. The van der Waals surface area contributed by atoms with Crippen LogP contribution < -0.4 is 5.32 Å². The lowest BCUT2D eigenvalue weighted by Gasteiger charge is -2.19. The highest BCUT2D eigenvalue weighted by Gasteiger charge is 2.16. The standard InChI is InChI=1S/C15H23N3O2/c1-2-16-14-8-7-13(11-15(14)18(19)20)12-17-9-5-3-4-6-10-17/h7-8,11,16H,2-6,9-10,12H2,1H3. The first-order chi connectivity index (χ1) is 9.70. The number of hydrogen-bond donors (Lipinski definition) is 1. The van der Waals surface area contributed by atoms with Crippen molar-refractivity contribution in [3.8, 4) is 0 Å². The van der Waals surface area contributed by atoms with Gasteiger partial charge in [-0.25, -0.2) is 0 Å². The zero-order valence-electron chi connectivity index (χ0n) is 12.1. The molecule has 110 valence electrons. The maximum Gasteiger partial charge on any atom is 0.292 e. The lowest BCUT2D eigenvalue weighted by Crippen LogP contribution is -2.24. The molecule has 1 saturated heterocycles. The van der Waals surface area contributed by atoms with Crippen molar-refractivity contribution < 1.29 is 4.92 Å². The van der Waals surface area contributed by atoms with Crippen LogP contribution in [-0.2, 0) is 6.54 Å². The second-order valence-electron chi connectivity index (χ2n) is 5.33. The van der Waals surface area contributed by atoms with Crippen molar-refractivity contribution in [2.75, 3.05) is 25.0 Å². The van der Waals surface area contributed by atoms with E-state index in [9.17, 15) is 10.1 Å². The van der Waals surface area contributed by atoms with E-state index in [2.05, 4.69) is 10.2 Å². The van der Waals surface area contributed by atoms with Gasteiger partial charge in [0.25, 0.3) is 5.69 Å². The fourth-order valence-electron chi connectivity index (χ4n) is 2.72. The number of anilines is 1. The average molecular weight is 277 g/mol. The minimum absolute atomic E-state index is 0.180. The van der Waals surface area contributed by atoms with Gasteiger partial charge in [-0.15, -0.1) is 0 Å². The summed E-state index contributed by atoms with van der Waals surface area (Å²) >= 11 is 0. The normalized spacial score (nSPS) is 16.6. The van der Waals surface area contributed by atoms with Gasteiger partial charge in [-0.1, -0.05) is 18.9 Å². The van der Waals surface area contributed by atoms with Gasteiger partial charge in [0.05, 0.1) is 4.92 Å². The summed E-state index contributed by atoms with van der Waals surface area (Å²) in [7, 11) is 0. The van der Waals surface area contributed by atoms with Crippen LogP contribution in [0.5, 0.6) is 0 Å². The van der Waals surface area contributed by atoms with Crippen LogP contribution in [0.1, 0.15) is 38.2 Å². The molecule has 1 aliphatic rings. The molecule has 0 radical (unpaired) electrons. The molecular weight excluding hydrogens is 254 g/mol. The maximum atomic E-state index is 11.1. The first-order valence-corrected chi connectivity index (χ1v) is 7.44. The van der Waals surface area contributed by atoms with Crippen molar-refractivity contribution in [1.29, 1.82) is 0 Å². The quantitative estimate of drug-likeness (QED) is 0.662. The number of nitrogens with zero attached hydrogens (tertiary/aromatic N) is 2. The molecule has 1 aromatic carbocycles. The molecule has 5 nitrogen and oxygen atoms in total. The van der Waals surface area contributed by atoms with E-state index < -0.39 is 0 Å². The summed E-state index contributed by atoms with van der Waals surface area (Å²) in [4.78, 5) is 13.2.